The predicted molar refractivity (Wildman–Crippen MR) is 63.2 cm³/mol. The highest BCUT2D eigenvalue weighted by atomic mass is 16.3. The lowest BCUT2D eigenvalue weighted by Crippen LogP contribution is -2.35. The fraction of sp³-hybridized carbons (Fsp3) is 0.583. The van der Waals surface area contributed by atoms with Gasteiger partial charge in [-0.25, -0.2) is 0 Å². The quantitative estimate of drug-likeness (QED) is 0.655. The number of hydrogen-bond acceptors (Lipinski definition) is 3. The van der Waals surface area contributed by atoms with E-state index in [1.54, 1.807) is 6.26 Å². The van der Waals surface area contributed by atoms with Crippen LogP contribution in [0.15, 0.2) is 22.8 Å². The summed E-state index contributed by atoms with van der Waals surface area (Å²) in [5, 5.41) is 5.93. The average Bonchev–Trinajstić information content (AvgIpc) is 2.78. The first kappa shape index (κ1) is 12.8. The molecule has 1 heterocycles. The van der Waals surface area contributed by atoms with E-state index in [0.717, 1.165) is 38.1 Å². The van der Waals surface area contributed by atoms with Crippen molar-refractivity contribution in [2.75, 3.05) is 19.6 Å². The second kappa shape index (κ2) is 7.93. The van der Waals surface area contributed by atoms with Gasteiger partial charge in [-0.15, -0.1) is 0 Å². The maximum absolute atomic E-state index is 11.3. The molecule has 0 bridgehead atoms. The molecule has 0 atom stereocenters. The Labute approximate surface area is 96.4 Å². The Morgan fingerprint density at radius 3 is 3.00 bits per heavy atom. The van der Waals surface area contributed by atoms with Crippen molar-refractivity contribution in [1.82, 2.24) is 10.6 Å². The molecule has 0 spiro atoms. The maximum atomic E-state index is 11.3. The Hall–Kier alpha value is -1.29. The highest BCUT2D eigenvalue weighted by Crippen LogP contribution is 1.99. The van der Waals surface area contributed by atoms with Crippen LogP contribution in [0.1, 0.15) is 25.5 Å². The van der Waals surface area contributed by atoms with Crippen LogP contribution in [0.25, 0.3) is 0 Å². The fourth-order valence-corrected chi connectivity index (χ4v) is 1.34. The Balaban J connectivity index is 1.96. The van der Waals surface area contributed by atoms with Crippen molar-refractivity contribution < 1.29 is 9.21 Å². The van der Waals surface area contributed by atoms with Gasteiger partial charge in [0.15, 0.2) is 0 Å². The monoisotopic (exact) mass is 224 g/mol. The molecule has 90 valence electrons. The minimum absolute atomic E-state index is 0.0629. The van der Waals surface area contributed by atoms with E-state index in [1.807, 2.05) is 12.1 Å². The summed E-state index contributed by atoms with van der Waals surface area (Å²) < 4.78 is 5.18. The Morgan fingerprint density at radius 2 is 2.31 bits per heavy atom. The first-order valence-corrected chi connectivity index (χ1v) is 5.82. The van der Waals surface area contributed by atoms with Crippen LogP contribution in [-0.4, -0.2) is 25.5 Å². The molecule has 1 aromatic rings. The SMILES string of the molecule is CCCCNC(=O)CNCCc1ccco1. The molecule has 1 amide bonds. The fourth-order valence-electron chi connectivity index (χ4n) is 1.34. The average molecular weight is 224 g/mol. The third-order valence-electron chi connectivity index (χ3n) is 2.27. The van der Waals surface area contributed by atoms with Gasteiger partial charge >= 0.3 is 0 Å². The van der Waals surface area contributed by atoms with Crippen molar-refractivity contribution in [3.63, 3.8) is 0 Å². The van der Waals surface area contributed by atoms with Crippen molar-refractivity contribution in [1.29, 1.82) is 0 Å². The summed E-state index contributed by atoms with van der Waals surface area (Å²) in [4.78, 5) is 11.3. The lowest BCUT2D eigenvalue weighted by Gasteiger charge is -2.05. The van der Waals surface area contributed by atoms with Gasteiger partial charge in [-0.05, 0) is 18.6 Å². The smallest absolute Gasteiger partial charge is 0.233 e. The number of furan rings is 1. The van der Waals surface area contributed by atoms with Crippen LogP contribution in [-0.2, 0) is 11.2 Å². The molecule has 4 heteroatoms. The highest BCUT2D eigenvalue weighted by Gasteiger charge is 1.99. The number of nitrogens with one attached hydrogen (secondary N) is 2. The number of unbranched alkanes of at least 4 members (excludes halogenated alkanes) is 1. The molecule has 0 unspecified atom stereocenters. The minimum Gasteiger partial charge on any atom is -0.469 e. The van der Waals surface area contributed by atoms with Crippen LogP contribution in [0.3, 0.4) is 0 Å². The zero-order chi connectivity index (χ0) is 11.6. The normalized spacial score (nSPS) is 10.3. The summed E-state index contributed by atoms with van der Waals surface area (Å²) in [6, 6.07) is 3.80. The van der Waals surface area contributed by atoms with Gasteiger partial charge in [0.2, 0.25) is 5.91 Å². The lowest BCUT2D eigenvalue weighted by molar-refractivity contribution is -0.120. The van der Waals surface area contributed by atoms with E-state index in [1.165, 1.54) is 0 Å². The van der Waals surface area contributed by atoms with Gasteiger partial charge in [-0.2, -0.15) is 0 Å². The molecule has 0 aliphatic rings. The van der Waals surface area contributed by atoms with Crippen LogP contribution in [0.2, 0.25) is 0 Å². The van der Waals surface area contributed by atoms with Crippen molar-refractivity contribution in [2.45, 2.75) is 26.2 Å². The second-order valence-corrected chi connectivity index (χ2v) is 3.71. The minimum atomic E-state index is 0.0629. The number of rotatable bonds is 8. The first-order valence-electron chi connectivity index (χ1n) is 5.82. The first-order chi connectivity index (χ1) is 7.83. The Morgan fingerprint density at radius 1 is 1.44 bits per heavy atom. The molecule has 2 N–H and O–H groups in total. The molecule has 0 aliphatic heterocycles. The van der Waals surface area contributed by atoms with E-state index >= 15 is 0 Å². The van der Waals surface area contributed by atoms with Crippen molar-refractivity contribution in [2.24, 2.45) is 0 Å². The van der Waals surface area contributed by atoms with Crippen LogP contribution in [0.4, 0.5) is 0 Å². The standard InChI is InChI=1S/C12H20N2O2/c1-2-3-7-14-12(15)10-13-8-6-11-5-4-9-16-11/h4-5,9,13H,2-3,6-8,10H2,1H3,(H,14,15). The molecule has 0 saturated heterocycles. The Bertz CT molecular complexity index is 283. The molecule has 0 fully saturated rings. The summed E-state index contributed by atoms with van der Waals surface area (Å²) in [6.45, 7) is 4.02. The molecule has 0 aromatic carbocycles. The van der Waals surface area contributed by atoms with Crippen LogP contribution < -0.4 is 10.6 Å². The van der Waals surface area contributed by atoms with E-state index < -0.39 is 0 Å². The van der Waals surface area contributed by atoms with Crippen molar-refractivity contribution in [3.05, 3.63) is 24.2 Å². The summed E-state index contributed by atoms with van der Waals surface area (Å²) >= 11 is 0. The highest BCUT2D eigenvalue weighted by molar-refractivity contribution is 5.77. The van der Waals surface area contributed by atoms with Crippen LogP contribution in [0.5, 0.6) is 0 Å². The third-order valence-corrected chi connectivity index (χ3v) is 2.27. The molecule has 4 nitrogen and oxygen atoms in total. The summed E-state index contributed by atoms with van der Waals surface area (Å²) in [5.74, 6) is 1.01. The maximum Gasteiger partial charge on any atom is 0.233 e. The van der Waals surface area contributed by atoms with E-state index in [9.17, 15) is 4.79 Å². The van der Waals surface area contributed by atoms with Crippen molar-refractivity contribution >= 4 is 5.91 Å². The number of hydrogen-bond donors (Lipinski definition) is 2. The lowest BCUT2D eigenvalue weighted by atomic mass is 10.3. The predicted octanol–water partition coefficient (Wildman–Crippen LogP) is 1.33. The van der Waals surface area contributed by atoms with Gasteiger partial charge in [0, 0.05) is 19.5 Å². The Kier molecular flexibility index (Phi) is 6.33. The number of carbonyl (C=O) groups excluding carboxylic acids is 1. The van der Waals surface area contributed by atoms with Gasteiger partial charge < -0.3 is 15.1 Å². The summed E-state index contributed by atoms with van der Waals surface area (Å²) in [6.07, 6.45) is 4.62. The van der Waals surface area contributed by atoms with E-state index in [0.29, 0.717) is 6.54 Å². The number of amides is 1. The molecule has 1 aromatic heterocycles. The van der Waals surface area contributed by atoms with E-state index in [2.05, 4.69) is 17.6 Å². The molecule has 0 saturated carbocycles. The molecular weight excluding hydrogens is 204 g/mol. The van der Waals surface area contributed by atoms with Crippen LogP contribution >= 0.6 is 0 Å². The largest absolute Gasteiger partial charge is 0.469 e. The molecule has 1 rings (SSSR count). The van der Waals surface area contributed by atoms with Gasteiger partial charge in [0.25, 0.3) is 0 Å². The topological polar surface area (TPSA) is 54.3 Å². The molecular formula is C12H20N2O2. The van der Waals surface area contributed by atoms with Gasteiger partial charge in [-0.1, -0.05) is 13.3 Å². The molecule has 0 aliphatic carbocycles. The second-order valence-electron chi connectivity index (χ2n) is 3.71. The van der Waals surface area contributed by atoms with Gasteiger partial charge in [0.1, 0.15) is 5.76 Å². The van der Waals surface area contributed by atoms with Crippen molar-refractivity contribution in [3.8, 4) is 0 Å². The summed E-state index contributed by atoms with van der Waals surface area (Å²) in [7, 11) is 0. The number of carbonyl (C=O) groups is 1. The van der Waals surface area contributed by atoms with E-state index in [4.69, 9.17) is 4.42 Å². The van der Waals surface area contributed by atoms with Gasteiger partial charge in [0.05, 0.1) is 12.8 Å². The molecule has 0 radical (unpaired) electrons. The summed E-state index contributed by atoms with van der Waals surface area (Å²) in [5.41, 5.74) is 0. The zero-order valence-corrected chi connectivity index (χ0v) is 9.79. The third kappa shape index (κ3) is 5.56. The van der Waals surface area contributed by atoms with Gasteiger partial charge in [-0.3, -0.25) is 4.79 Å². The van der Waals surface area contributed by atoms with E-state index in [-0.39, 0.29) is 5.91 Å². The zero-order valence-electron chi connectivity index (χ0n) is 9.79. The van der Waals surface area contributed by atoms with Crippen LogP contribution in [0, 0.1) is 0 Å². The molecule has 16 heavy (non-hydrogen) atoms.